The number of aromatic nitrogens is 1. The van der Waals surface area contributed by atoms with Gasteiger partial charge in [0.05, 0.1) is 5.54 Å². The third-order valence-electron chi connectivity index (χ3n) is 4.17. The van der Waals surface area contributed by atoms with Crippen molar-refractivity contribution >= 4 is 5.97 Å². The molecular weight excluding hydrogens is 280 g/mol. The van der Waals surface area contributed by atoms with E-state index in [0.29, 0.717) is 5.92 Å². The average molecular weight is 302 g/mol. The zero-order valence-electron chi connectivity index (χ0n) is 13.1. The molecule has 3 rings (SSSR count). The SMILES string of the molecule is C/C=C1\[C@@H]2C=C(C)C[C@@]1(N)c1ccc(=O)[nH]c1C2.CC(=O)O. The van der Waals surface area contributed by atoms with Crippen LogP contribution >= 0.6 is 0 Å². The molecule has 0 spiro atoms. The first kappa shape index (κ1) is 16.2. The fourth-order valence-corrected chi connectivity index (χ4v) is 3.57. The monoisotopic (exact) mass is 302 g/mol. The summed E-state index contributed by atoms with van der Waals surface area (Å²) in [5.41, 5.74) is 10.9. The van der Waals surface area contributed by atoms with Crippen LogP contribution in [-0.4, -0.2) is 16.1 Å². The van der Waals surface area contributed by atoms with Crippen LogP contribution in [0.4, 0.5) is 0 Å². The molecule has 2 bridgehead atoms. The fraction of sp³-hybridized carbons (Fsp3) is 0.412. The Morgan fingerprint density at radius 3 is 2.73 bits per heavy atom. The number of aromatic amines is 1. The molecule has 1 heterocycles. The van der Waals surface area contributed by atoms with Crippen LogP contribution in [0, 0.1) is 5.92 Å². The maximum absolute atomic E-state index is 11.5. The van der Waals surface area contributed by atoms with E-state index in [2.05, 4.69) is 31.0 Å². The third kappa shape index (κ3) is 2.90. The van der Waals surface area contributed by atoms with Crippen LogP contribution in [0.2, 0.25) is 0 Å². The number of hydrogen-bond donors (Lipinski definition) is 3. The Labute approximate surface area is 129 Å². The standard InChI is InChI=1S/C15H18N2O.C2H4O2/c1-3-11-10-6-9(2)8-15(11,16)12-4-5-14(18)17-13(12)7-10;1-2(3)4/h3-6,10H,7-8,16H2,1-2H3,(H,17,18);1H3,(H,3,4)/b11-3+;/t10-,15+;/m1./s1. The second-order valence-corrected chi connectivity index (χ2v) is 5.95. The number of allylic oxidation sites excluding steroid dienone is 2. The quantitative estimate of drug-likeness (QED) is 0.639. The van der Waals surface area contributed by atoms with Gasteiger partial charge in [-0.15, -0.1) is 0 Å². The molecule has 1 aromatic heterocycles. The molecule has 5 nitrogen and oxygen atoms in total. The molecule has 1 aromatic rings. The number of fused-ring (bicyclic) bond motifs is 4. The molecule has 118 valence electrons. The van der Waals surface area contributed by atoms with Crippen molar-refractivity contribution in [1.29, 1.82) is 0 Å². The van der Waals surface area contributed by atoms with E-state index in [-0.39, 0.29) is 5.56 Å². The van der Waals surface area contributed by atoms with Crippen molar-refractivity contribution in [3.63, 3.8) is 0 Å². The summed E-state index contributed by atoms with van der Waals surface area (Å²) in [5.74, 6) is -0.501. The molecule has 0 aromatic carbocycles. The normalized spacial score (nSPS) is 27.4. The van der Waals surface area contributed by atoms with Gasteiger partial charge in [-0.25, -0.2) is 0 Å². The van der Waals surface area contributed by atoms with E-state index in [9.17, 15) is 4.79 Å². The molecule has 22 heavy (non-hydrogen) atoms. The number of hydrogen-bond acceptors (Lipinski definition) is 3. The third-order valence-corrected chi connectivity index (χ3v) is 4.17. The fourth-order valence-electron chi connectivity index (χ4n) is 3.57. The van der Waals surface area contributed by atoms with E-state index < -0.39 is 11.5 Å². The molecule has 2 aliphatic rings. The van der Waals surface area contributed by atoms with Crippen molar-refractivity contribution in [2.24, 2.45) is 11.7 Å². The van der Waals surface area contributed by atoms with Crippen molar-refractivity contribution in [2.75, 3.05) is 0 Å². The number of aliphatic carboxylic acids is 1. The summed E-state index contributed by atoms with van der Waals surface area (Å²) in [4.78, 5) is 23.4. The van der Waals surface area contributed by atoms with Crippen LogP contribution in [0.15, 0.2) is 40.2 Å². The maximum atomic E-state index is 11.5. The molecule has 0 unspecified atom stereocenters. The van der Waals surface area contributed by atoms with Crippen molar-refractivity contribution in [2.45, 2.75) is 39.2 Å². The summed E-state index contributed by atoms with van der Waals surface area (Å²) in [7, 11) is 0. The summed E-state index contributed by atoms with van der Waals surface area (Å²) in [5, 5.41) is 7.42. The van der Waals surface area contributed by atoms with Crippen LogP contribution in [0.3, 0.4) is 0 Å². The molecule has 0 fully saturated rings. The van der Waals surface area contributed by atoms with Gasteiger partial charge in [0.2, 0.25) is 5.56 Å². The first-order chi connectivity index (χ1) is 10.3. The summed E-state index contributed by atoms with van der Waals surface area (Å²) in [6.07, 6.45) is 6.11. The van der Waals surface area contributed by atoms with Gasteiger partial charge in [0.25, 0.3) is 5.97 Å². The minimum Gasteiger partial charge on any atom is -0.481 e. The smallest absolute Gasteiger partial charge is 0.300 e. The van der Waals surface area contributed by atoms with Gasteiger partial charge in [0.1, 0.15) is 0 Å². The highest BCUT2D eigenvalue weighted by atomic mass is 16.4. The number of carbonyl (C=O) groups is 1. The number of nitrogens with two attached hydrogens (primary N) is 1. The van der Waals surface area contributed by atoms with Crippen LogP contribution in [0.5, 0.6) is 0 Å². The zero-order valence-corrected chi connectivity index (χ0v) is 13.1. The number of pyridine rings is 1. The molecule has 0 saturated carbocycles. The van der Waals surface area contributed by atoms with Crippen molar-refractivity contribution in [1.82, 2.24) is 4.98 Å². The van der Waals surface area contributed by atoms with E-state index in [0.717, 1.165) is 31.0 Å². The number of rotatable bonds is 0. The highest BCUT2D eigenvalue weighted by Crippen LogP contribution is 2.47. The molecule has 2 aliphatic carbocycles. The summed E-state index contributed by atoms with van der Waals surface area (Å²) >= 11 is 0. The number of carboxylic acid groups (broad SMARTS) is 1. The molecular formula is C17H22N2O3. The van der Waals surface area contributed by atoms with Gasteiger partial charge in [-0.3, -0.25) is 9.59 Å². The van der Waals surface area contributed by atoms with Crippen LogP contribution in [0.25, 0.3) is 0 Å². The topological polar surface area (TPSA) is 96.2 Å². The van der Waals surface area contributed by atoms with Crippen LogP contribution < -0.4 is 11.3 Å². The van der Waals surface area contributed by atoms with Gasteiger partial charge in [-0.1, -0.05) is 17.7 Å². The lowest BCUT2D eigenvalue weighted by Gasteiger charge is -2.45. The number of nitrogens with one attached hydrogen (secondary N) is 1. The molecule has 0 radical (unpaired) electrons. The Morgan fingerprint density at radius 2 is 2.14 bits per heavy atom. The molecule has 0 aliphatic heterocycles. The highest BCUT2D eigenvalue weighted by molar-refractivity contribution is 5.63. The average Bonchev–Trinajstić information content (AvgIpc) is 2.36. The molecule has 4 N–H and O–H groups in total. The number of H-pyrrole nitrogens is 1. The lowest BCUT2D eigenvalue weighted by molar-refractivity contribution is -0.134. The van der Waals surface area contributed by atoms with E-state index in [1.807, 2.05) is 6.07 Å². The lowest BCUT2D eigenvalue weighted by atomic mass is 9.63. The Balaban J connectivity index is 0.000000396. The molecule has 2 atom stereocenters. The van der Waals surface area contributed by atoms with Gasteiger partial charge in [0, 0.05) is 24.6 Å². The molecule has 5 heteroatoms. The first-order valence-electron chi connectivity index (χ1n) is 7.33. The Hall–Kier alpha value is -2.14. The van der Waals surface area contributed by atoms with Crippen molar-refractivity contribution in [3.8, 4) is 0 Å². The Kier molecular flexibility index (Phi) is 4.37. The van der Waals surface area contributed by atoms with E-state index in [1.54, 1.807) is 6.07 Å². The van der Waals surface area contributed by atoms with Gasteiger partial charge in [0.15, 0.2) is 0 Å². The van der Waals surface area contributed by atoms with Crippen LogP contribution in [-0.2, 0) is 16.8 Å². The molecule has 0 saturated heterocycles. The van der Waals surface area contributed by atoms with Gasteiger partial charge in [-0.05, 0) is 43.9 Å². The Morgan fingerprint density at radius 1 is 1.50 bits per heavy atom. The minimum absolute atomic E-state index is 0.0416. The van der Waals surface area contributed by atoms with Gasteiger partial charge >= 0.3 is 0 Å². The summed E-state index contributed by atoms with van der Waals surface area (Å²) < 4.78 is 0. The summed E-state index contributed by atoms with van der Waals surface area (Å²) in [6, 6.07) is 3.47. The van der Waals surface area contributed by atoms with Crippen molar-refractivity contribution < 1.29 is 9.90 Å². The summed E-state index contributed by atoms with van der Waals surface area (Å²) in [6.45, 7) is 5.27. The second-order valence-electron chi connectivity index (χ2n) is 5.95. The predicted molar refractivity (Wildman–Crippen MR) is 85.6 cm³/mol. The lowest BCUT2D eigenvalue weighted by Crippen LogP contribution is -2.48. The molecule has 0 amide bonds. The van der Waals surface area contributed by atoms with E-state index in [1.165, 1.54) is 11.1 Å². The number of carboxylic acids is 1. The minimum atomic E-state index is -0.833. The zero-order chi connectivity index (χ0) is 16.5. The maximum Gasteiger partial charge on any atom is 0.300 e. The Bertz CT molecular complexity index is 711. The van der Waals surface area contributed by atoms with Gasteiger partial charge < -0.3 is 15.8 Å². The van der Waals surface area contributed by atoms with Crippen LogP contribution in [0.1, 0.15) is 38.4 Å². The van der Waals surface area contributed by atoms with Gasteiger partial charge in [-0.2, -0.15) is 0 Å². The van der Waals surface area contributed by atoms with E-state index >= 15 is 0 Å². The highest BCUT2D eigenvalue weighted by Gasteiger charge is 2.43. The van der Waals surface area contributed by atoms with E-state index in [4.69, 9.17) is 15.6 Å². The largest absolute Gasteiger partial charge is 0.481 e. The second kappa shape index (κ2) is 5.93. The van der Waals surface area contributed by atoms with Crippen molar-refractivity contribution in [3.05, 3.63) is 57.0 Å². The first-order valence-corrected chi connectivity index (χ1v) is 7.33. The predicted octanol–water partition coefficient (Wildman–Crippen LogP) is 2.09.